The summed E-state index contributed by atoms with van der Waals surface area (Å²) in [6, 6.07) is 15.5. The summed E-state index contributed by atoms with van der Waals surface area (Å²) in [4.78, 5) is 12.2. The van der Waals surface area contributed by atoms with Crippen LogP contribution < -0.4 is 14.8 Å². The van der Waals surface area contributed by atoms with E-state index in [1.54, 1.807) is 0 Å². The van der Waals surface area contributed by atoms with Gasteiger partial charge < -0.3 is 14.8 Å². The van der Waals surface area contributed by atoms with Gasteiger partial charge in [-0.1, -0.05) is 42.8 Å². The zero-order valence-corrected chi connectivity index (χ0v) is 14.5. The maximum Gasteiger partial charge on any atom is 0.261 e. The van der Waals surface area contributed by atoms with Crippen LogP contribution in [-0.4, -0.2) is 25.2 Å². The summed E-state index contributed by atoms with van der Waals surface area (Å²) in [5.74, 6) is 1.43. The molecule has 0 aliphatic heterocycles. The number of aryl methyl sites for hydroxylation is 2. The van der Waals surface area contributed by atoms with Gasteiger partial charge in [-0.3, -0.25) is 4.79 Å². The molecular formula is C20H25NO3. The maximum absolute atomic E-state index is 12.2. The van der Waals surface area contributed by atoms with Crippen molar-refractivity contribution in [2.75, 3.05) is 13.2 Å². The maximum atomic E-state index is 12.2. The van der Waals surface area contributed by atoms with Gasteiger partial charge in [0.1, 0.15) is 18.1 Å². The molecule has 0 bridgehead atoms. The van der Waals surface area contributed by atoms with Crippen molar-refractivity contribution in [1.82, 2.24) is 5.32 Å². The molecule has 0 radical (unpaired) electrons. The lowest BCUT2D eigenvalue weighted by Crippen LogP contribution is -2.39. The fourth-order valence-corrected chi connectivity index (χ4v) is 2.27. The van der Waals surface area contributed by atoms with Gasteiger partial charge in [0.25, 0.3) is 5.91 Å². The standard InChI is InChI=1S/C20H25NO3/c1-4-18(24-17-11-9-15(2)10-12-17)20(22)21-13-14-23-19-8-6-5-7-16(19)3/h5-12,18H,4,13-14H2,1-3H3,(H,21,22)/t18-/m0/s1. The van der Waals surface area contributed by atoms with Crippen molar-refractivity contribution in [3.05, 3.63) is 59.7 Å². The molecule has 1 amide bonds. The average Bonchev–Trinajstić information content (AvgIpc) is 2.59. The second kappa shape index (κ2) is 8.96. The van der Waals surface area contributed by atoms with Crippen LogP contribution in [0.1, 0.15) is 24.5 Å². The Morgan fingerprint density at radius 2 is 1.79 bits per heavy atom. The van der Waals surface area contributed by atoms with E-state index in [1.807, 2.05) is 69.3 Å². The molecule has 128 valence electrons. The lowest BCUT2D eigenvalue weighted by atomic mass is 10.2. The first-order valence-corrected chi connectivity index (χ1v) is 8.29. The number of para-hydroxylation sites is 1. The van der Waals surface area contributed by atoms with Gasteiger partial charge in [-0.25, -0.2) is 0 Å². The third-order valence-electron chi connectivity index (χ3n) is 3.72. The van der Waals surface area contributed by atoms with Gasteiger partial charge in [-0.15, -0.1) is 0 Å². The third kappa shape index (κ3) is 5.30. The van der Waals surface area contributed by atoms with Crippen LogP contribution in [0.2, 0.25) is 0 Å². The molecule has 1 N–H and O–H groups in total. The minimum atomic E-state index is -0.494. The third-order valence-corrected chi connectivity index (χ3v) is 3.72. The first-order chi connectivity index (χ1) is 11.6. The summed E-state index contributed by atoms with van der Waals surface area (Å²) in [5, 5.41) is 2.87. The van der Waals surface area contributed by atoms with Crippen LogP contribution in [0.15, 0.2) is 48.5 Å². The van der Waals surface area contributed by atoms with Crippen molar-refractivity contribution in [3.8, 4) is 11.5 Å². The van der Waals surface area contributed by atoms with E-state index in [0.29, 0.717) is 25.3 Å². The van der Waals surface area contributed by atoms with Crippen LogP contribution in [0.4, 0.5) is 0 Å². The van der Waals surface area contributed by atoms with Crippen LogP contribution in [0, 0.1) is 13.8 Å². The SMILES string of the molecule is CC[C@H](Oc1ccc(C)cc1)C(=O)NCCOc1ccccc1C. The highest BCUT2D eigenvalue weighted by Gasteiger charge is 2.17. The summed E-state index contributed by atoms with van der Waals surface area (Å²) < 4.78 is 11.4. The van der Waals surface area contributed by atoms with Gasteiger partial charge in [-0.2, -0.15) is 0 Å². The van der Waals surface area contributed by atoms with E-state index in [-0.39, 0.29) is 5.91 Å². The Kier molecular flexibility index (Phi) is 6.67. The van der Waals surface area contributed by atoms with E-state index in [9.17, 15) is 4.79 Å². The molecule has 0 saturated heterocycles. The number of carbonyl (C=O) groups is 1. The molecule has 1 atom stereocenters. The van der Waals surface area contributed by atoms with E-state index in [1.165, 1.54) is 0 Å². The predicted molar refractivity (Wildman–Crippen MR) is 95.6 cm³/mol. The highest BCUT2D eigenvalue weighted by atomic mass is 16.5. The Bertz CT molecular complexity index is 652. The van der Waals surface area contributed by atoms with Gasteiger partial charge >= 0.3 is 0 Å². The van der Waals surface area contributed by atoms with Crippen molar-refractivity contribution in [3.63, 3.8) is 0 Å². The van der Waals surface area contributed by atoms with E-state index in [4.69, 9.17) is 9.47 Å². The van der Waals surface area contributed by atoms with Crippen LogP contribution >= 0.6 is 0 Å². The zero-order chi connectivity index (χ0) is 17.4. The van der Waals surface area contributed by atoms with Crippen LogP contribution in [-0.2, 0) is 4.79 Å². The smallest absolute Gasteiger partial charge is 0.261 e. The molecular weight excluding hydrogens is 302 g/mol. The van der Waals surface area contributed by atoms with Crippen LogP contribution in [0.25, 0.3) is 0 Å². The van der Waals surface area contributed by atoms with E-state index < -0.39 is 6.10 Å². The van der Waals surface area contributed by atoms with Gasteiger partial charge in [0.15, 0.2) is 6.10 Å². The van der Waals surface area contributed by atoms with Crippen molar-refractivity contribution in [2.24, 2.45) is 0 Å². The van der Waals surface area contributed by atoms with Crippen molar-refractivity contribution < 1.29 is 14.3 Å². The Hall–Kier alpha value is -2.49. The quantitative estimate of drug-likeness (QED) is 0.753. The minimum absolute atomic E-state index is 0.119. The molecule has 4 heteroatoms. The number of rotatable bonds is 8. The van der Waals surface area contributed by atoms with Crippen molar-refractivity contribution in [1.29, 1.82) is 0 Å². The first-order valence-electron chi connectivity index (χ1n) is 8.29. The molecule has 0 aromatic heterocycles. The monoisotopic (exact) mass is 327 g/mol. The summed E-state index contributed by atoms with van der Waals surface area (Å²) in [6.45, 7) is 6.82. The normalized spacial score (nSPS) is 11.6. The Labute approximate surface area is 143 Å². The molecule has 2 aromatic rings. The number of nitrogens with one attached hydrogen (secondary N) is 1. The summed E-state index contributed by atoms with van der Waals surface area (Å²) in [6.07, 6.45) is 0.115. The van der Waals surface area contributed by atoms with E-state index >= 15 is 0 Å². The first kappa shape index (κ1) is 17.9. The van der Waals surface area contributed by atoms with Crippen molar-refractivity contribution in [2.45, 2.75) is 33.3 Å². The molecule has 2 aromatic carbocycles. The molecule has 0 aliphatic rings. The number of carbonyl (C=O) groups excluding carboxylic acids is 1. The Morgan fingerprint density at radius 3 is 2.46 bits per heavy atom. The van der Waals surface area contributed by atoms with E-state index in [0.717, 1.165) is 16.9 Å². The molecule has 24 heavy (non-hydrogen) atoms. The van der Waals surface area contributed by atoms with Crippen molar-refractivity contribution >= 4 is 5.91 Å². The molecule has 0 spiro atoms. The van der Waals surface area contributed by atoms with Gasteiger partial charge in [0.05, 0.1) is 6.54 Å². The highest BCUT2D eigenvalue weighted by molar-refractivity contribution is 5.81. The predicted octanol–water partition coefficient (Wildman–Crippen LogP) is 3.66. The molecule has 0 fully saturated rings. The molecule has 0 heterocycles. The van der Waals surface area contributed by atoms with Gasteiger partial charge in [-0.05, 0) is 44.0 Å². The lowest BCUT2D eigenvalue weighted by molar-refractivity contribution is -0.128. The van der Waals surface area contributed by atoms with Gasteiger partial charge in [0, 0.05) is 0 Å². The molecule has 2 rings (SSSR count). The topological polar surface area (TPSA) is 47.6 Å². The summed E-state index contributed by atoms with van der Waals surface area (Å²) >= 11 is 0. The fraction of sp³-hybridized carbons (Fsp3) is 0.350. The molecule has 4 nitrogen and oxygen atoms in total. The number of ether oxygens (including phenoxy) is 2. The second-order valence-corrected chi connectivity index (χ2v) is 5.73. The largest absolute Gasteiger partial charge is 0.491 e. The highest BCUT2D eigenvalue weighted by Crippen LogP contribution is 2.16. The number of hydrogen-bond donors (Lipinski definition) is 1. The Balaban J connectivity index is 1.77. The summed E-state index contributed by atoms with van der Waals surface area (Å²) in [7, 11) is 0. The minimum Gasteiger partial charge on any atom is -0.491 e. The average molecular weight is 327 g/mol. The second-order valence-electron chi connectivity index (χ2n) is 5.73. The number of benzene rings is 2. The van der Waals surface area contributed by atoms with Crippen LogP contribution in [0.5, 0.6) is 11.5 Å². The van der Waals surface area contributed by atoms with E-state index in [2.05, 4.69) is 5.32 Å². The zero-order valence-electron chi connectivity index (χ0n) is 14.5. The lowest BCUT2D eigenvalue weighted by Gasteiger charge is -2.17. The molecule has 0 aliphatic carbocycles. The number of hydrogen-bond acceptors (Lipinski definition) is 3. The summed E-state index contributed by atoms with van der Waals surface area (Å²) in [5.41, 5.74) is 2.24. The van der Waals surface area contributed by atoms with Crippen LogP contribution in [0.3, 0.4) is 0 Å². The number of amides is 1. The molecule has 0 saturated carbocycles. The molecule has 0 unspecified atom stereocenters. The van der Waals surface area contributed by atoms with Gasteiger partial charge in [0.2, 0.25) is 0 Å². The Morgan fingerprint density at radius 1 is 1.08 bits per heavy atom. The fourth-order valence-electron chi connectivity index (χ4n) is 2.27.